The fourth-order valence-electron chi connectivity index (χ4n) is 3.80. The predicted octanol–water partition coefficient (Wildman–Crippen LogP) is 3.02. The maximum Gasteiger partial charge on any atom is 0.330 e. The average Bonchev–Trinajstić information content (AvgIpc) is 3.08. The highest BCUT2D eigenvalue weighted by Crippen LogP contribution is 2.48. The number of aliphatic carboxylic acids is 1. The van der Waals surface area contributed by atoms with Crippen LogP contribution in [0.1, 0.15) is 37.3 Å². The molecular formula is C16H18ClNO3. The first-order valence-corrected chi connectivity index (χ1v) is 7.71. The second-order valence-corrected chi connectivity index (χ2v) is 6.49. The van der Waals surface area contributed by atoms with E-state index in [9.17, 15) is 14.7 Å². The number of carbonyl (C=O) groups excluding carboxylic acids is 1. The topological polar surface area (TPSA) is 66.4 Å². The van der Waals surface area contributed by atoms with Gasteiger partial charge in [0.1, 0.15) is 0 Å². The summed E-state index contributed by atoms with van der Waals surface area (Å²) in [6, 6.07) is 5.66. The van der Waals surface area contributed by atoms with Gasteiger partial charge in [-0.05, 0) is 37.2 Å². The Labute approximate surface area is 128 Å². The summed E-state index contributed by atoms with van der Waals surface area (Å²) in [5.74, 6) is -0.188. The molecule has 1 amide bonds. The predicted molar refractivity (Wildman–Crippen MR) is 78.9 cm³/mol. The molecule has 2 bridgehead atoms. The van der Waals surface area contributed by atoms with Crippen LogP contribution >= 0.6 is 11.6 Å². The van der Waals surface area contributed by atoms with E-state index in [4.69, 9.17) is 11.6 Å². The summed E-state index contributed by atoms with van der Waals surface area (Å²) >= 11 is 6.05. The van der Waals surface area contributed by atoms with Crippen molar-refractivity contribution in [3.8, 4) is 0 Å². The summed E-state index contributed by atoms with van der Waals surface area (Å²) in [7, 11) is 0. The zero-order valence-corrected chi connectivity index (χ0v) is 12.3. The largest absolute Gasteiger partial charge is 0.479 e. The minimum atomic E-state index is -1.08. The molecule has 4 atom stereocenters. The van der Waals surface area contributed by atoms with Crippen molar-refractivity contribution in [2.75, 3.05) is 0 Å². The number of nitrogens with one attached hydrogen (secondary N) is 1. The molecule has 0 saturated heterocycles. The Bertz CT molecular complexity index is 574. The lowest BCUT2D eigenvalue weighted by Crippen LogP contribution is -2.39. The minimum Gasteiger partial charge on any atom is -0.479 e. The van der Waals surface area contributed by atoms with Gasteiger partial charge in [0.05, 0.1) is 0 Å². The Morgan fingerprint density at radius 1 is 1.24 bits per heavy atom. The lowest BCUT2D eigenvalue weighted by molar-refractivity contribution is -0.143. The van der Waals surface area contributed by atoms with Crippen LogP contribution in [-0.2, 0) is 9.59 Å². The molecular weight excluding hydrogens is 290 g/mol. The molecule has 2 fully saturated rings. The van der Waals surface area contributed by atoms with Crippen molar-refractivity contribution in [3.05, 3.63) is 34.9 Å². The van der Waals surface area contributed by atoms with Gasteiger partial charge in [0.15, 0.2) is 6.04 Å². The molecule has 2 aliphatic carbocycles. The molecule has 21 heavy (non-hydrogen) atoms. The van der Waals surface area contributed by atoms with Crippen molar-refractivity contribution in [1.82, 2.24) is 5.32 Å². The molecule has 0 aromatic heterocycles. The molecule has 3 unspecified atom stereocenters. The van der Waals surface area contributed by atoms with E-state index in [1.807, 2.05) is 0 Å². The fraction of sp³-hybridized carbons (Fsp3) is 0.500. The Morgan fingerprint density at radius 2 is 2.00 bits per heavy atom. The van der Waals surface area contributed by atoms with E-state index in [0.29, 0.717) is 22.4 Å². The molecule has 2 N–H and O–H groups in total. The number of carbonyl (C=O) groups is 2. The van der Waals surface area contributed by atoms with Crippen LogP contribution in [-0.4, -0.2) is 17.0 Å². The monoisotopic (exact) mass is 307 g/mol. The normalized spacial score (nSPS) is 28.3. The zero-order valence-electron chi connectivity index (χ0n) is 11.6. The van der Waals surface area contributed by atoms with Crippen LogP contribution in [0.15, 0.2) is 24.3 Å². The number of carboxylic acid groups (broad SMARTS) is 1. The first-order valence-electron chi connectivity index (χ1n) is 7.34. The fourth-order valence-corrected chi connectivity index (χ4v) is 4.04. The number of hydrogen-bond acceptors (Lipinski definition) is 2. The Morgan fingerprint density at radius 3 is 2.57 bits per heavy atom. The Balaban J connectivity index is 1.75. The van der Waals surface area contributed by atoms with Crippen LogP contribution in [0.5, 0.6) is 0 Å². The number of hydrogen-bond donors (Lipinski definition) is 2. The molecule has 0 aliphatic heterocycles. The maximum absolute atomic E-state index is 12.4. The number of halogens is 1. The average molecular weight is 308 g/mol. The molecule has 2 saturated carbocycles. The van der Waals surface area contributed by atoms with Gasteiger partial charge >= 0.3 is 5.97 Å². The highest BCUT2D eigenvalue weighted by Gasteiger charge is 2.43. The van der Waals surface area contributed by atoms with Crippen LogP contribution < -0.4 is 5.32 Å². The summed E-state index contributed by atoms with van der Waals surface area (Å²) in [6.07, 6.45) is 4.31. The molecule has 3 rings (SSSR count). The molecule has 112 valence electrons. The van der Waals surface area contributed by atoms with Gasteiger partial charge in [-0.1, -0.05) is 36.2 Å². The van der Waals surface area contributed by atoms with Gasteiger partial charge in [0.25, 0.3) is 0 Å². The number of rotatable bonds is 4. The summed E-state index contributed by atoms with van der Waals surface area (Å²) in [5.41, 5.74) is 0.433. The molecule has 4 nitrogen and oxygen atoms in total. The molecule has 2 aliphatic rings. The van der Waals surface area contributed by atoms with Gasteiger partial charge in [-0.3, -0.25) is 4.79 Å². The lowest BCUT2D eigenvalue weighted by atomic mass is 9.88. The first-order chi connectivity index (χ1) is 10.1. The number of amides is 1. The number of benzene rings is 1. The summed E-state index contributed by atoms with van der Waals surface area (Å²) in [5, 5.41) is 12.4. The van der Waals surface area contributed by atoms with Crippen LogP contribution in [0.3, 0.4) is 0 Å². The molecule has 0 heterocycles. The van der Waals surface area contributed by atoms with E-state index in [2.05, 4.69) is 5.32 Å². The van der Waals surface area contributed by atoms with Gasteiger partial charge in [-0.2, -0.15) is 0 Å². The van der Waals surface area contributed by atoms with Gasteiger partial charge < -0.3 is 10.4 Å². The van der Waals surface area contributed by atoms with E-state index in [1.54, 1.807) is 24.3 Å². The third-order valence-electron chi connectivity index (χ3n) is 4.82. The molecule has 0 radical (unpaired) electrons. The summed E-state index contributed by atoms with van der Waals surface area (Å²) < 4.78 is 0. The van der Waals surface area contributed by atoms with Crippen molar-refractivity contribution in [2.24, 2.45) is 17.8 Å². The molecule has 0 spiro atoms. The highest BCUT2D eigenvalue weighted by atomic mass is 35.5. The van der Waals surface area contributed by atoms with Crippen LogP contribution in [0.4, 0.5) is 0 Å². The van der Waals surface area contributed by atoms with Gasteiger partial charge in [-0.15, -0.1) is 0 Å². The van der Waals surface area contributed by atoms with E-state index in [1.165, 1.54) is 6.42 Å². The van der Waals surface area contributed by atoms with Crippen molar-refractivity contribution >= 4 is 23.5 Å². The second-order valence-electron chi connectivity index (χ2n) is 6.08. The van der Waals surface area contributed by atoms with E-state index < -0.39 is 12.0 Å². The second kappa shape index (κ2) is 5.68. The van der Waals surface area contributed by atoms with Gasteiger partial charge in [-0.25, -0.2) is 4.79 Å². The number of fused-ring (bicyclic) bond motifs is 2. The molecule has 1 aromatic carbocycles. The van der Waals surface area contributed by atoms with Crippen LogP contribution in [0, 0.1) is 17.8 Å². The summed E-state index contributed by atoms with van der Waals surface area (Å²) in [6.45, 7) is 0. The van der Waals surface area contributed by atoms with E-state index in [0.717, 1.165) is 19.3 Å². The quantitative estimate of drug-likeness (QED) is 0.898. The standard InChI is InChI=1S/C16H18ClNO3/c17-13-4-2-1-3-11(13)14(16(20)21)18-15(19)12-8-9-5-6-10(12)7-9/h1-4,9-10,12,14H,5-8H2,(H,18,19)(H,20,21)/t9?,10?,12?,14-/m1/s1. The third kappa shape index (κ3) is 2.77. The smallest absolute Gasteiger partial charge is 0.330 e. The minimum absolute atomic E-state index is 0.0342. The number of carboxylic acids is 1. The van der Waals surface area contributed by atoms with Crippen molar-refractivity contribution < 1.29 is 14.7 Å². The maximum atomic E-state index is 12.4. The third-order valence-corrected chi connectivity index (χ3v) is 5.17. The van der Waals surface area contributed by atoms with Crippen LogP contribution in [0.25, 0.3) is 0 Å². The Kier molecular flexibility index (Phi) is 3.89. The molecule has 1 aromatic rings. The van der Waals surface area contributed by atoms with E-state index in [-0.39, 0.29) is 11.8 Å². The highest BCUT2D eigenvalue weighted by molar-refractivity contribution is 6.31. The van der Waals surface area contributed by atoms with E-state index >= 15 is 0 Å². The van der Waals surface area contributed by atoms with Crippen molar-refractivity contribution in [3.63, 3.8) is 0 Å². The Hall–Kier alpha value is -1.55. The SMILES string of the molecule is O=C(N[C@@H](C(=O)O)c1ccccc1Cl)C1CC2CCC1C2. The van der Waals surface area contributed by atoms with Crippen molar-refractivity contribution in [1.29, 1.82) is 0 Å². The van der Waals surface area contributed by atoms with Gasteiger partial charge in [0.2, 0.25) is 5.91 Å². The van der Waals surface area contributed by atoms with Crippen LogP contribution in [0.2, 0.25) is 5.02 Å². The first kappa shape index (κ1) is 14.4. The van der Waals surface area contributed by atoms with Gasteiger partial charge in [0, 0.05) is 16.5 Å². The lowest BCUT2D eigenvalue weighted by Gasteiger charge is -2.23. The van der Waals surface area contributed by atoms with Crippen molar-refractivity contribution in [2.45, 2.75) is 31.7 Å². The molecule has 5 heteroatoms. The summed E-state index contributed by atoms with van der Waals surface area (Å²) in [4.78, 5) is 23.9. The zero-order chi connectivity index (χ0) is 15.0.